The Kier molecular flexibility index (Phi) is 5.28. The molecule has 0 fully saturated rings. The van der Waals surface area contributed by atoms with Crippen molar-refractivity contribution in [2.75, 3.05) is 19.8 Å². The second-order valence-corrected chi connectivity index (χ2v) is 3.86. The Morgan fingerprint density at radius 1 is 1.40 bits per heavy atom. The standard InChI is InChI=1S/C10H19N3O2/c1-8(2)7-14-5-4-11-6-10-13-12-9(3)15-10/h8,11H,4-7H2,1-3H3. The Morgan fingerprint density at radius 3 is 2.80 bits per heavy atom. The Balaban J connectivity index is 1.98. The van der Waals surface area contributed by atoms with Gasteiger partial charge in [-0.25, -0.2) is 0 Å². The number of hydrogen-bond donors (Lipinski definition) is 1. The van der Waals surface area contributed by atoms with Crippen LogP contribution in [0.1, 0.15) is 25.6 Å². The molecular weight excluding hydrogens is 194 g/mol. The minimum absolute atomic E-state index is 0.587. The highest BCUT2D eigenvalue weighted by Gasteiger charge is 2.00. The van der Waals surface area contributed by atoms with Gasteiger partial charge in [-0.05, 0) is 5.92 Å². The van der Waals surface area contributed by atoms with E-state index >= 15 is 0 Å². The zero-order valence-corrected chi connectivity index (χ0v) is 9.62. The molecule has 0 unspecified atom stereocenters. The molecule has 0 aromatic carbocycles. The van der Waals surface area contributed by atoms with Crippen molar-refractivity contribution in [3.63, 3.8) is 0 Å². The number of aromatic nitrogens is 2. The first-order valence-electron chi connectivity index (χ1n) is 5.26. The Labute approximate surface area is 90.2 Å². The average Bonchev–Trinajstić information content (AvgIpc) is 2.57. The van der Waals surface area contributed by atoms with Crippen LogP contribution in [-0.4, -0.2) is 30.0 Å². The van der Waals surface area contributed by atoms with Gasteiger partial charge in [0.15, 0.2) is 0 Å². The van der Waals surface area contributed by atoms with Gasteiger partial charge in [-0.15, -0.1) is 10.2 Å². The van der Waals surface area contributed by atoms with Crippen LogP contribution in [0.5, 0.6) is 0 Å². The van der Waals surface area contributed by atoms with Gasteiger partial charge in [-0.3, -0.25) is 0 Å². The summed E-state index contributed by atoms with van der Waals surface area (Å²) in [4.78, 5) is 0. The van der Waals surface area contributed by atoms with Crippen LogP contribution in [0.3, 0.4) is 0 Å². The molecule has 0 bridgehead atoms. The van der Waals surface area contributed by atoms with Crippen LogP contribution in [-0.2, 0) is 11.3 Å². The Bertz CT molecular complexity index is 273. The smallest absolute Gasteiger partial charge is 0.230 e. The first kappa shape index (κ1) is 12.1. The van der Waals surface area contributed by atoms with E-state index in [4.69, 9.17) is 9.15 Å². The lowest BCUT2D eigenvalue weighted by Crippen LogP contribution is -2.20. The van der Waals surface area contributed by atoms with Gasteiger partial charge in [0.2, 0.25) is 11.8 Å². The first-order chi connectivity index (χ1) is 7.18. The van der Waals surface area contributed by atoms with Crippen LogP contribution in [0.2, 0.25) is 0 Å². The molecule has 0 spiro atoms. The Hall–Kier alpha value is -0.940. The van der Waals surface area contributed by atoms with Gasteiger partial charge in [0.05, 0.1) is 13.2 Å². The summed E-state index contributed by atoms with van der Waals surface area (Å²) < 4.78 is 10.6. The normalized spacial score (nSPS) is 11.2. The number of hydrogen-bond acceptors (Lipinski definition) is 5. The van der Waals surface area contributed by atoms with Crippen molar-refractivity contribution in [1.29, 1.82) is 0 Å². The summed E-state index contributed by atoms with van der Waals surface area (Å²) >= 11 is 0. The highest BCUT2D eigenvalue weighted by Crippen LogP contribution is 1.96. The summed E-state index contributed by atoms with van der Waals surface area (Å²) in [5.74, 6) is 1.81. The highest BCUT2D eigenvalue weighted by molar-refractivity contribution is 4.77. The number of ether oxygens (including phenoxy) is 1. The van der Waals surface area contributed by atoms with Gasteiger partial charge < -0.3 is 14.5 Å². The number of nitrogens with one attached hydrogen (secondary N) is 1. The summed E-state index contributed by atoms with van der Waals surface area (Å²) in [6.07, 6.45) is 0. The van der Waals surface area contributed by atoms with Crippen LogP contribution in [0.25, 0.3) is 0 Å². The van der Waals surface area contributed by atoms with Crippen LogP contribution < -0.4 is 5.32 Å². The Morgan fingerprint density at radius 2 is 2.20 bits per heavy atom. The molecule has 0 aliphatic rings. The van der Waals surface area contributed by atoms with Crippen molar-refractivity contribution >= 4 is 0 Å². The fourth-order valence-corrected chi connectivity index (χ4v) is 1.07. The summed E-state index contributed by atoms with van der Waals surface area (Å²) in [5.41, 5.74) is 0. The summed E-state index contributed by atoms with van der Waals surface area (Å²) in [5, 5.41) is 10.8. The fourth-order valence-electron chi connectivity index (χ4n) is 1.07. The molecule has 0 aliphatic carbocycles. The quantitative estimate of drug-likeness (QED) is 0.688. The lowest BCUT2D eigenvalue weighted by atomic mass is 10.2. The van der Waals surface area contributed by atoms with Crippen LogP contribution in [0.15, 0.2) is 4.42 Å². The molecule has 1 rings (SSSR count). The third-order valence-corrected chi connectivity index (χ3v) is 1.72. The molecule has 0 aliphatic heterocycles. The van der Waals surface area contributed by atoms with Gasteiger partial charge in [0.25, 0.3) is 0 Å². The summed E-state index contributed by atoms with van der Waals surface area (Å²) in [6, 6.07) is 0. The molecule has 1 heterocycles. The molecule has 5 nitrogen and oxygen atoms in total. The fraction of sp³-hybridized carbons (Fsp3) is 0.800. The first-order valence-corrected chi connectivity index (χ1v) is 5.26. The molecule has 15 heavy (non-hydrogen) atoms. The lowest BCUT2D eigenvalue weighted by molar-refractivity contribution is 0.111. The van der Waals surface area contributed by atoms with Crippen molar-refractivity contribution in [3.8, 4) is 0 Å². The number of aryl methyl sites for hydroxylation is 1. The van der Waals surface area contributed by atoms with Crippen molar-refractivity contribution < 1.29 is 9.15 Å². The average molecular weight is 213 g/mol. The van der Waals surface area contributed by atoms with Crippen LogP contribution >= 0.6 is 0 Å². The third-order valence-electron chi connectivity index (χ3n) is 1.72. The molecule has 1 aromatic heterocycles. The third kappa shape index (κ3) is 5.49. The van der Waals surface area contributed by atoms with Crippen molar-refractivity contribution in [1.82, 2.24) is 15.5 Å². The van der Waals surface area contributed by atoms with Crippen molar-refractivity contribution in [2.24, 2.45) is 5.92 Å². The van der Waals surface area contributed by atoms with Gasteiger partial charge in [0, 0.05) is 20.1 Å². The van der Waals surface area contributed by atoms with Gasteiger partial charge in [0.1, 0.15) is 0 Å². The maximum absolute atomic E-state index is 5.41. The minimum Gasteiger partial charge on any atom is -0.424 e. The molecule has 0 radical (unpaired) electrons. The molecule has 0 saturated heterocycles. The topological polar surface area (TPSA) is 60.2 Å². The summed E-state index contributed by atoms with van der Waals surface area (Å²) in [6.45, 7) is 8.97. The molecule has 0 atom stereocenters. The van der Waals surface area contributed by atoms with Gasteiger partial charge in [-0.1, -0.05) is 13.8 Å². The SMILES string of the molecule is Cc1nnc(CNCCOCC(C)C)o1. The van der Waals surface area contributed by atoms with Gasteiger partial charge >= 0.3 is 0 Å². The molecule has 86 valence electrons. The van der Waals surface area contributed by atoms with Gasteiger partial charge in [-0.2, -0.15) is 0 Å². The van der Waals surface area contributed by atoms with E-state index in [2.05, 4.69) is 29.4 Å². The lowest BCUT2D eigenvalue weighted by Gasteiger charge is -2.06. The van der Waals surface area contributed by atoms with E-state index in [1.54, 1.807) is 6.92 Å². The zero-order valence-electron chi connectivity index (χ0n) is 9.62. The van der Waals surface area contributed by atoms with E-state index < -0.39 is 0 Å². The maximum Gasteiger partial charge on any atom is 0.230 e. The van der Waals surface area contributed by atoms with E-state index in [1.807, 2.05) is 0 Å². The van der Waals surface area contributed by atoms with E-state index in [0.29, 0.717) is 30.9 Å². The maximum atomic E-state index is 5.41. The minimum atomic E-state index is 0.587. The molecule has 1 N–H and O–H groups in total. The van der Waals surface area contributed by atoms with E-state index in [1.165, 1.54) is 0 Å². The highest BCUT2D eigenvalue weighted by atomic mass is 16.5. The number of nitrogens with zero attached hydrogens (tertiary/aromatic N) is 2. The molecule has 5 heteroatoms. The predicted molar refractivity (Wildman–Crippen MR) is 56.4 cm³/mol. The predicted octanol–water partition coefficient (Wildman–Crippen LogP) is 1.14. The van der Waals surface area contributed by atoms with Crippen molar-refractivity contribution in [2.45, 2.75) is 27.3 Å². The van der Waals surface area contributed by atoms with E-state index in [9.17, 15) is 0 Å². The van der Waals surface area contributed by atoms with E-state index in [-0.39, 0.29) is 0 Å². The molecule has 0 amide bonds. The van der Waals surface area contributed by atoms with Crippen LogP contribution in [0, 0.1) is 12.8 Å². The number of rotatable bonds is 7. The second-order valence-electron chi connectivity index (χ2n) is 3.86. The van der Waals surface area contributed by atoms with E-state index in [0.717, 1.165) is 13.2 Å². The second kappa shape index (κ2) is 6.53. The monoisotopic (exact) mass is 213 g/mol. The summed E-state index contributed by atoms with van der Waals surface area (Å²) in [7, 11) is 0. The van der Waals surface area contributed by atoms with Crippen LogP contribution in [0.4, 0.5) is 0 Å². The zero-order chi connectivity index (χ0) is 11.1. The molecule has 1 aromatic rings. The molecular formula is C10H19N3O2. The van der Waals surface area contributed by atoms with Crippen molar-refractivity contribution in [3.05, 3.63) is 11.8 Å². The largest absolute Gasteiger partial charge is 0.424 e. The molecule has 0 saturated carbocycles.